The zero-order valence-corrected chi connectivity index (χ0v) is 17.8. The summed E-state index contributed by atoms with van der Waals surface area (Å²) in [5, 5.41) is 10.1. The average Bonchev–Trinajstić information content (AvgIpc) is 3.19. The maximum atomic E-state index is 12.9. The van der Waals surface area contributed by atoms with E-state index in [0.717, 1.165) is 11.4 Å². The Kier molecular flexibility index (Phi) is 5.38. The Bertz CT molecular complexity index is 1020. The van der Waals surface area contributed by atoms with Gasteiger partial charge in [-0.1, -0.05) is 12.1 Å². The first-order chi connectivity index (χ1) is 15.6. The lowest BCUT2D eigenvalue weighted by atomic mass is 10.2. The zero-order chi connectivity index (χ0) is 22.1. The van der Waals surface area contributed by atoms with Crippen LogP contribution < -0.4 is 19.3 Å². The van der Waals surface area contributed by atoms with Gasteiger partial charge >= 0.3 is 6.03 Å². The minimum Gasteiger partial charge on any atom is -0.506 e. The van der Waals surface area contributed by atoms with Crippen LogP contribution in [0.1, 0.15) is 0 Å². The summed E-state index contributed by atoms with van der Waals surface area (Å²) in [5.74, 6) is 1.51. The maximum absolute atomic E-state index is 12.9. The standard InChI is InChI=1S/C23H26N4O5/c28-19-4-2-1-3-18(19)24-7-9-25(10-8-24)22(29)16-26-11-12-27(23(26)30)17-5-6-20-21(15-17)32-14-13-31-20/h1-6,15,28H,7-14,16H2. The Balaban J connectivity index is 1.17. The second-order valence-corrected chi connectivity index (χ2v) is 8.04. The van der Waals surface area contributed by atoms with Gasteiger partial charge in [-0.2, -0.15) is 0 Å². The summed E-state index contributed by atoms with van der Waals surface area (Å²) in [5.41, 5.74) is 1.52. The first-order valence-corrected chi connectivity index (χ1v) is 10.9. The Morgan fingerprint density at radius 2 is 1.66 bits per heavy atom. The number of hydrogen-bond donors (Lipinski definition) is 1. The third-order valence-electron chi connectivity index (χ3n) is 6.11. The van der Waals surface area contributed by atoms with Crippen LogP contribution in [0.25, 0.3) is 0 Å². The van der Waals surface area contributed by atoms with Crippen molar-refractivity contribution in [2.75, 3.05) is 68.8 Å². The lowest BCUT2D eigenvalue weighted by Crippen LogP contribution is -2.51. The number of phenolic OH excluding ortho intramolecular Hbond substituents is 1. The van der Waals surface area contributed by atoms with E-state index in [2.05, 4.69) is 4.90 Å². The fourth-order valence-electron chi connectivity index (χ4n) is 4.36. The second kappa shape index (κ2) is 8.49. The van der Waals surface area contributed by atoms with Crippen molar-refractivity contribution in [3.05, 3.63) is 42.5 Å². The van der Waals surface area contributed by atoms with Crippen LogP contribution in [0.15, 0.2) is 42.5 Å². The van der Waals surface area contributed by atoms with E-state index in [0.29, 0.717) is 64.0 Å². The number of phenols is 1. The number of fused-ring (bicyclic) bond motifs is 1. The number of urea groups is 1. The van der Waals surface area contributed by atoms with Gasteiger partial charge in [-0.05, 0) is 24.3 Å². The summed E-state index contributed by atoms with van der Waals surface area (Å²) in [6.07, 6.45) is 0. The monoisotopic (exact) mass is 438 g/mol. The number of para-hydroxylation sites is 2. The number of anilines is 2. The summed E-state index contributed by atoms with van der Waals surface area (Å²) in [7, 11) is 0. The van der Waals surface area contributed by atoms with Gasteiger partial charge in [0.05, 0.1) is 5.69 Å². The van der Waals surface area contributed by atoms with E-state index in [4.69, 9.17) is 9.47 Å². The molecule has 0 unspecified atom stereocenters. The van der Waals surface area contributed by atoms with Crippen LogP contribution in [0.3, 0.4) is 0 Å². The van der Waals surface area contributed by atoms with E-state index in [1.165, 1.54) is 0 Å². The Morgan fingerprint density at radius 1 is 0.906 bits per heavy atom. The summed E-state index contributed by atoms with van der Waals surface area (Å²) in [4.78, 5) is 32.9. The van der Waals surface area contributed by atoms with E-state index in [1.807, 2.05) is 30.3 Å². The molecule has 3 heterocycles. The summed E-state index contributed by atoms with van der Waals surface area (Å²) >= 11 is 0. The number of carbonyl (C=O) groups excluding carboxylic acids is 2. The summed E-state index contributed by atoms with van der Waals surface area (Å²) in [6.45, 7) is 4.48. The van der Waals surface area contributed by atoms with Crippen molar-refractivity contribution < 1.29 is 24.2 Å². The Labute approximate surface area is 186 Å². The molecular formula is C23H26N4O5. The molecule has 2 saturated heterocycles. The Hall–Kier alpha value is -3.62. The molecule has 9 nitrogen and oxygen atoms in total. The molecule has 5 rings (SSSR count). The molecule has 2 aromatic carbocycles. The van der Waals surface area contributed by atoms with Crippen molar-refractivity contribution >= 4 is 23.3 Å². The van der Waals surface area contributed by atoms with Gasteiger partial charge < -0.3 is 29.3 Å². The normalized spacial score (nSPS) is 18.3. The number of rotatable bonds is 4. The molecule has 3 aliphatic rings. The molecule has 3 amide bonds. The molecule has 2 fully saturated rings. The van der Waals surface area contributed by atoms with Gasteiger partial charge in [-0.15, -0.1) is 0 Å². The van der Waals surface area contributed by atoms with E-state index in [9.17, 15) is 14.7 Å². The minimum absolute atomic E-state index is 0.0562. The van der Waals surface area contributed by atoms with Crippen molar-refractivity contribution in [2.24, 2.45) is 0 Å². The number of hydrogen-bond acceptors (Lipinski definition) is 6. The maximum Gasteiger partial charge on any atom is 0.325 e. The SMILES string of the molecule is O=C(CN1CCN(c2ccc3c(c2)OCCO3)C1=O)N1CCN(c2ccccc2O)CC1. The van der Waals surface area contributed by atoms with E-state index in [1.54, 1.807) is 26.8 Å². The third-order valence-corrected chi connectivity index (χ3v) is 6.11. The van der Waals surface area contributed by atoms with Gasteiger partial charge in [0.2, 0.25) is 5.91 Å². The van der Waals surface area contributed by atoms with Gasteiger partial charge in [-0.3, -0.25) is 9.69 Å². The molecule has 0 radical (unpaired) electrons. The van der Waals surface area contributed by atoms with Crippen LogP contribution in [0.4, 0.5) is 16.2 Å². The quantitative estimate of drug-likeness (QED) is 0.783. The number of amides is 3. The van der Waals surface area contributed by atoms with Gasteiger partial charge in [-0.25, -0.2) is 4.79 Å². The Morgan fingerprint density at radius 3 is 2.44 bits per heavy atom. The van der Waals surface area contributed by atoms with E-state index in [-0.39, 0.29) is 24.2 Å². The van der Waals surface area contributed by atoms with Crippen LogP contribution in [0, 0.1) is 0 Å². The van der Waals surface area contributed by atoms with E-state index >= 15 is 0 Å². The number of ether oxygens (including phenoxy) is 2. The highest BCUT2D eigenvalue weighted by Crippen LogP contribution is 2.35. The number of piperazine rings is 1. The number of nitrogens with zero attached hydrogens (tertiary/aromatic N) is 4. The highest BCUT2D eigenvalue weighted by atomic mass is 16.6. The van der Waals surface area contributed by atoms with Gasteiger partial charge in [0.15, 0.2) is 11.5 Å². The largest absolute Gasteiger partial charge is 0.506 e. The summed E-state index contributed by atoms with van der Waals surface area (Å²) in [6, 6.07) is 12.5. The number of carbonyl (C=O) groups is 2. The van der Waals surface area contributed by atoms with Crippen molar-refractivity contribution in [1.29, 1.82) is 0 Å². The molecule has 0 saturated carbocycles. The predicted molar refractivity (Wildman–Crippen MR) is 119 cm³/mol. The molecule has 0 aliphatic carbocycles. The molecule has 9 heteroatoms. The first kappa shape index (κ1) is 20.3. The van der Waals surface area contributed by atoms with Crippen LogP contribution in [-0.2, 0) is 4.79 Å². The first-order valence-electron chi connectivity index (χ1n) is 10.9. The topological polar surface area (TPSA) is 85.8 Å². The average molecular weight is 438 g/mol. The molecule has 3 aliphatic heterocycles. The molecule has 0 bridgehead atoms. The number of benzene rings is 2. The van der Waals surface area contributed by atoms with Crippen molar-refractivity contribution in [2.45, 2.75) is 0 Å². The fraction of sp³-hybridized carbons (Fsp3) is 0.391. The smallest absolute Gasteiger partial charge is 0.325 e. The molecule has 32 heavy (non-hydrogen) atoms. The minimum atomic E-state index is -0.178. The second-order valence-electron chi connectivity index (χ2n) is 8.04. The van der Waals surface area contributed by atoms with Gasteiger partial charge in [0.1, 0.15) is 25.5 Å². The molecule has 0 spiro atoms. The predicted octanol–water partition coefficient (Wildman–Crippen LogP) is 1.75. The molecule has 2 aromatic rings. The van der Waals surface area contributed by atoms with Crippen molar-refractivity contribution in [3.8, 4) is 17.2 Å². The fourth-order valence-corrected chi connectivity index (χ4v) is 4.36. The van der Waals surface area contributed by atoms with Crippen LogP contribution in [0.5, 0.6) is 17.2 Å². The molecular weight excluding hydrogens is 412 g/mol. The van der Waals surface area contributed by atoms with Crippen LogP contribution in [-0.4, -0.2) is 85.9 Å². The van der Waals surface area contributed by atoms with Crippen molar-refractivity contribution in [1.82, 2.24) is 9.80 Å². The summed E-state index contributed by atoms with van der Waals surface area (Å²) < 4.78 is 11.2. The van der Waals surface area contributed by atoms with Crippen LogP contribution >= 0.6 is 0 Å². The van der Waals surface area contributed by atoms with Crippen LogP contribution in [0.2, 0.25) is 0 Å². The number of aromatic hydroxyl groups is 1. The third kappa shape index (κ3) is 3.86. The molecule has 1 N–H and O–H groups in total. The van der Waals surface area contributed by atoms with Gasteiger partial charge in [0.25, 0.3) is 0 Å². The highest BCUT2D eigenvalue weighted by Gasteiger charge is 2.33. The molecule has 0 atom stereocenters. The lowest BCUT2D eigenvalue weighted by molar-refractivity contribution is -0.131. The van der Waals surface area contributed by atoms with Crippen molar-refractivity contribution in [3.63, 3.8) is 0 Å². The lowest BCUT2D eigenvalue weighted by Gasteiger charge is -2.36. The van der Waals surface area contributed by atoms with E-state index < -0.39 is 0 Å². The molecule has 0 aromatic heterocycles. The van der Waals surface area contributed by atoms with Gasteiger partial charge in [0, 0.05) is 51.0 Å². The molecule has 168 valence electrons. The highest BCUT2D eigenvalue weighted by molar-refractivity contribution is 5.96. The zero-order valence-electron chi connectivity index (χ0n) is 17.8.